The molecule has 15 heteroatoms. The number of carbonyl (C=O) groups is 3. The normalized spacial score (nSPS) is 16.5. The molecule has 3 amide bonds. The highest BCUT2D eigenvalue weighted by Crippen LogP contribution is 2.36. The number of ether oxygens (including phenoxy) is 1. The lowest BCUT2D eigenvalue weighted by Crippen LogP contribution is -2.58. The van der Waals surface area contributed by atoms with Crippen LogP contribution in [0.2, 0.25) is 0 Å². The molecule has 3 aliphatic heterocycles. The maximum Gasteiger partial charge on any atom is 0.417 e. The number of benzene rings is 2. The summed E-state index contributed by atoms with van der Waals surface area (Å²) in [5, 5.41) is 2.63. The molecule has 3 N–H and O–H groups in total. The number of imide groups is 1. The third kappa shape index (κ3) is 8.97. The van der Waals surface area contributed by atoms with Crippen molar-refractivity contribution in [2.24, 2.45) is 7.05 Å². The number of nitrogens with one attached hydrogen (secondary N) is 1. The van der Waals surface area contributed by atoms with Gasteiger partial charge in [0.15, 0.2) is 0 Å². The minimum atomic E-state index is -4.57. The summed E-state index contributed by atoms with van der Waals surface area (Å²) >= 11 is 0. The third-order valence-corrected chi connectivity index (χ3v) is 10.4. The standard InChI is InChI=1S/C42H45F3N8O4/c1-41(2,3)57-40(56)53-17-14-34-32(38(53)55)21-35(50(34)4)37-28(22-47-39(46)49-37)11-10-26-8-7-9-27(18-26)19-36(54)48-30-13-12-29(33(20-30)42(43,44)45)23-51-24-31(25-51)52-15-5-6-16-52/h7-9,12-13,18,20-22,31H,5-6,14-17,19,23-25H2,1-4H3,(H,48,54)(H2,46,47,49). The number of likely N-dealkylation sites (tertiary alicyclic amines) is 2. The molecule has 3 aliphatic rings. The van der Waals surface area contributed by atoms with Crippen LogP contribution in [0.3, 0.4) is 0 Å². The molecule has 0 saturated carbocycles. The summed E-state index contributed by atoms with van der Waals surface area (Å²) in [6.45, 7) is 9.18. The van der Waals surface area contributed by atoms with Gasteiger partial charge in [0.25, 0.3) is 5.91 Å². The molecule has 2 aromatic heterocycles. The van der Waals surface area contributed by atoms with E-state index in [9.17, 15) is 27.6 Å². The summed E-state index contributed by atoms with van der Waals surface area (Å²) in [6.07, 6.45) is -1.14. The van der Waals surface area contributed by atoms with Crippen LogP contribution in [0.25, 0.3) is 11.4 Å². The number of nitrogen functional groups attached to an aromatic ring is 1. The van der Waals surface area contributed by atoms with Crippen molar-refractivity contribution in [1.82, 2.24) is 29.2 Å². The van der Waals surface area contributed by atoms with E-state index in [0.717, 1.165) is 42.8 Å². The Hall–Kier alpha value is -5.72. The maximum absolute atomic E-state index is 14.2. The van der Waals surface area contributed by atoms with E-state index in [1.807, 2.05) is 9.47 Å². The van der Waals surface area contributed by atoms with Gasteiger partial charge < -0.3 is 20.4 Å². The van der Waals surface area contributed by atoms with Gasteiger partial charge in [-0.1, -0.05) is 30.0 Å². The van der Waals surface area contributed by atoms with Gasteiger partial charge in [0.1, 0.15) is 11.3 Å². The van der Waals surface area contributed by atoms with Crippen LogP contribution in [-0.2, 0) is 42.1 Å². The number of nitrogens with zero attached hydrogens (tertiary/aromatic N) is 6. The molecule has 7 rings (SSSR count). The summed E-state index contributed by atoms with van der Waals surface area (Å²) in [6, 6.07) is 13.0. The van der Waals surface area contributed by atoms with Crippen LogP contribution < -0.4 is 11.1 Å². The molecule has 5 heterocycles. The lowest BCUT2D eigenvalue weighted by atomic mass is 10.0. The van der Waals surface area contributed by atoms with Crippen molar-refractivity contribution in [3.63, 3.8) is 0 Å². The molecule has 4 aromatic rings. The second kappa shape index (κ2) is 15.7. The Morgan fingerprint density at radius 3 is 2.49 bits per heavy atom. The quantitative estimate of drug-likeness (QED) is 0.220. The summed E-state index contributed by atoms with van der Waals surface area (Å²) in [7, 11) is 1.80. The number of aromatic nitrogens is 3. The van der Waals surface area contributed by atoms with Gasteiger partial charge in [-0.25, -0.2) is 19.7 Å². The van der Waals surface area contributed by atoms with Crippen LogP contribution in [0.4, 0.5) is 29.6 Å². The highest BCUT2D eigenvalue weighted by atomic mass is 19.4. The van der Waals surface area contributed by atoms with E-state index in [0.29, 0.717) is 46.1 Å². The lowest BCUT2D eigenvalue weighted by molar-refractivity contribution is -0.138. The van der Waals surface area contributed by atoms with Crippen LogP contribution in [0.5, 0.6) is 0 Å². The minimum Gasteiger partial charge on any atom is -0.443 e. The first-order valence-corrected chi connectivity index (χ1v) is 19.0. The molecule has 2 aromatic carbocycles. The Bertz CT molecular complexity index is 2270. The average Bonchev–Trinajstić information content (AvgIpc) is 3.77. The maximum atomic E-state index is 14.2. The number of hydrogen-bond donors (Lipinski definition) is 2. The molecule has 0 aliphatic carbocycles. The van der Waals surface area contributed by atoms with Gasteiger partial charge in [-0.15, -0.1) is 0 Å². The summed E-state index contributed by atoms with van der Waals surface area (Å²) in [5.74, 6) is 5.22. The zero-order chi connectivity index (χ0) is 40.6. The summed E-state index contributed by atoms with van der Waals surface area (Å²) < 4.78 is 49.8. The second-order valence-corrected chi connectivity index (χ2v) is 15.8. The monoisotopic (exact) mass is 782 g/mol. The predicted octanol–water partition coefficient (Wildman–Crippen LogP) is 5.88. The highest BCUT2D eigenvalue weighted by Gasteiger charge is 2.38. The Balaban J connectivity index is 1.03. The van der Waals surface area contributed by atoms with Gasteiger partial charge in [-0.2, -0.15) is 13.2 Å². The summed E-state index contributed by atoms with van der Waals surface area (Å²) in [5.41, 5.74) is 8.33. The van der Waals surface area contributed by atoms with Gasteiger partial charge in [-0.3, -0.25) is 19.4 Å². The number of alkyl halides is 3. The molecule has 12 nitrogen and oxygen atoms in total. The minimum absolute atomic E-state index is 0.00336. The van der Waals surface area contributed by atoms with Crippen LogP contribution in [0.15, 0.2) is 54.7 Å². The Kier molecular flexibility index (Phi) is 10.9. The Morgan fingerprint density at radius 1 is 1.02 bits per heavy atom. The van der Waals surface area contributed by atoms with Gasteiger partial charge >= 0.3 is 12.3 Å². The van der Waals surface area contributed by atoms with Crippen molar-refractivity contribution in [3.8, 4) is 23.2 Å². The molecular formula is C42H45F3N8O4. The van der Waals surface area contributed by atoms with Crippen molar-refractivity contribution in [2.75, 3.05) is 43.8 Å². The molecule has 57 heavy (non-hydrogen) atoms. The van der Waals surface area contributed by atoms with Crippen molar-refractivity contribution in [2.45, 2.75) is 70.8 Å². The summed E-state index contributed by atoms with van der Waals surface area (Å²) in [4.78, 5) is 53.4. The van der Waals surface area contributed by atoms with Crippen molar-refractivity contribution < 1.29 is 32.3 Å². The molecule has 0 unspecified atom stereocenters. The molecule has 298 valence electrons. The number of rotatable bonds is 7. The largest absolute Gasteiger partial charge is 0.443 e. The van der Waals surface area contributed by atoms with Gasteiger partial charge in [0, 0.05) is 68.8 Å². The van der Waals surface area contributed by atoms with E-state index in [1.165, 1.54) is 31.2 Å². The highest BCUT2D eigenvalue weighted by molar-refractivity contribution is 6.05. The molecule has 0 bridgehead atoms. The zero-order valence-electron chi connectivity index (χ0n) is 32.4. The lowest BCUT2D eigenvalue weighted by Gasteiger charge is -2.44. The van der Waals surface area contributed by atoms with Gasteiger partial charge in [0.2, 0.25) is 11.9 Å². The van der Waals surface area contributed by atoms with Gasteiger partial charge in [0.05, 0.1) is 28.8 Å². The van der Waals surface area contributed by atoms with Crippen LogP contribution in [0.1, 0.15) is 77.5 Å². The molecule has 0 atom stereocenters. The number of nitrogens with two attached hydrogens (primary N) is 1. The zero-order valence-corrected chi connectivity index (χ0v) is 32.4. The van der Waals surface area contributed by atoms with Crippen LogP contribution in [0, 0.1) is 11.8 Å². The van der Waals surface area contributed by atoms with Crippen LogP contribution >= 0.6 is 0 Å². The smallest absolute Gasteiger partial charge is 0.417 e. The van der Waals surface area contributed by atoms with E-state index < -0.39 is 35.2 Å². The molecule has 0 spiro atoms. The number of fused-ring (bicyclic) bond motifs is 1. The Labute approximate surface area is 329 Å². The van der Waals surface area contributed by atoms with E-state index >= 15 is 0 Å². The fraction of sp³-hybridized carbons (Fsp3) is 0.405. The fourth-order valence-electron chi connectivity index (χ4n) is 7.59. The number of carbonyl (C=O) groups excluding carboxylic acids is 3. The SMILES string of the molecule is Cn1c(-c2nc(N)ncc2C#Cc2cccc(CC(=O)Nc3ccc(CN4CC(N5CCCC5)C4)c(C(F)(F)F)c3)c2)cc2c1CCN(C(=O)OC(C)(C)C)C2=O. The number of amides is 3. The van der Waals surface area contributed by atoms with E-state index in [1.54, 1.807) is 58.2 Å². The molecule has 0 radical (unpaired) electrons. The molecular weight excluding hydrogens is 738 g/mol. The van der Waals surface area contributed by atoms with Crippen molar-refractivity contribution in [1.29, 1.82) is 0 Å². The number of hydrogen-bond acceptors (Lipinski definition) is 9. The van der Waals surface area contributed by atoms with Gasteiger partial charge in [-0.05, 0) is 88.2 Å². The predicted molar refractivity (Wildman–Crippen MR) is 208 cm³/mol. The second-order valence-electron chi connectivity index (χ2n) is 15.8. The number of halogens is 3. The van der Waals surface area contributed by atoms with Crippen LogP contribution in [-0.4, -0.2) is 91.5 Å². The van der Waals surface area contributed by atoms with E-state index in [-0.39, 0.29) is 36.7 Å². The van der Waals surface area contributed by atoms with E-state index in [2.05, 4.69) is 32.0 Å². The first-order chi connectivity index (χ1) is 27.0. The average molecular weight is 783 g/mol. The Morgan fingerprint density at radius 2 is 1.77 bits per heavy atom. The number of anilines is 2. The topological polar surface area (TPSA) is 139 Å². The first-order valence-electron chi connectivity index (χ1n) is 19.0. The fourth-order valence-corrected chi connectivity index (χ4v) is 7.59. The van der Waals surface area contributed by atoms with E-state index in [4.69, 9.17) is 10.5 Å². The van der Waals surface area contributed by atoms with Crippen molar-refractivity contribution >= 4 is 29.5 Å². The molecule has 2 fully saturated rings. The van der Waals surface area contributed by atoms with Crippen molar-refractivity contribution in [3.05, 3.63) is 93.8 Å². The molecule has 2 saturated heterocycles. The first kappa shape index (κ1) is 39.5. The third-order valence-electron chi connectivity index (χ3n) is 10.4.